The van der Waals surface area contributed by atoms with Crippen LogP contribution in [0.25, 0.3) is 0 Å². The molecule has 12 heavy (non-hydrogen) atoms. The Hall–Kier alpha value is -0.633. The maximum atomic E-state index is 11.8. The van der Waals surface area contributed by atoms with Gasteiger partial charge in [0.05, 0.1) is 0 Å². The lowest BCUT2D eigenvalue weighted by Crippen LogP contribution is -2.34. The highest BCUT2D eigenvalue weighted by atomic mass is 28.3. The molecule has 0 saturated carbocycles. The van der Waals surface area contributed by atoms with E-state index in [1.54, 1.807) is 0 Å². The summed E-state index contributed by atoms with van der Waals surface area (Å²) >= 11 is 0. The number of carbonyl (C=O) groups is 1. The average molecular weight is 180 g/mol. The van der Waals surface area contributed by atoms with Gasteiger partial charge in [-0.05, 0) is 12.8 Å². The van der Waals surface area contributed by atoms with E-state index in [-0.39, 0.29) is 0 Å². The topological polar surface area (TPSA) is 17.1 Å². The molecule has 0 unspecified atom stereocenters. The summed E-state index contributed by atoms with van der Waals surface area (Å²) in [5, 5.41) is 0.387. The van der Waals surface area contributed by atoms with Crippen molar-refractivity contribution in [2.45, 2.75) is 32.5 Å². The summed E-state index contributed by atoms with van der Waals surface area (Å²) < 4.78 is 0. The van der Waals surface area contributed by atoms with Crippen LogP contribution < -0.4 is 0 Å². The fourth-order valence-electron chi connectivity index (χ4n) is 1.21. The zero-order valence-corrected chi connectivity index (χ0v) is 9.05. The molecule has 0 amide bonds. The van der Waals surface area contributed by atoms with Gasteiger partial charge < -0.3 is 4.79 Å². The fourth-order valence-corrected chi connectivity index (χ4v) is 2.27. The van der Waals surface area contributed by atoms with Crippen molar-refractivity contribution in [3.05, 3.63) is 23.8 Å². The van der Waals surface area contributed by atoms with Crippen LogP contribution in [0.3, 0.4) is 0 Å². The fraction of sp³-hybridized carbons (Fsp3) is 0.500. The van der Waals surface area contributed by atoms with Crippen molar-refractivity contribution in [2.24, 2.45) is 0 Å². The Morgan fingerprint density at radius 1 is 1.33 bits per heavy atom. The summed E-state index contributed by atoms with van der Waals surface area (Å²) in [6.45, 7) is 6.29. The van der Waals surface area contributed by atoms with E-state index in [2.05, 4.69) is 31.8 Å². The van der Waals surface area contributed by atoms with Crippen molar-refractivity contribution in [3.8, 4) is 0 Å². The van der Waals surface area contributed by atoms with Crippen LogP contribution in [0, 0.1) is 0 Å². The highest BCUT2D eigenvalue weighted by Crippen LogP contribution is 2.16. The highest BCUT2D eigenvalue weighted by Gasteiger charge is 2.26. The van der Waals surface area contributed by atoms with E-state index in [9.17, 15) is 4.79 Å². The van der Waals surface area contributed by atoms with Gasteiger partial charge in [0.2, 0.25) is 0 Å². The van der Waals surface area contributed by atoms with Crippen LogP contribution in [-0.2, 0) is 4.79 Å². The lowest BCUT2D eigenvalue weighted by atomic mass is 10.1. The first-order valence-electron chi connectivity index (χ1n) is 4.43. The van der Waals surface area contributed by atoms with Crippen molar-refractivity contribution in [2.75, 3.05) is 0 Å². The monoisotopic (exact) mass is 180 g/mol. The molecule has 2 heteroatoms. The predicted molar refractivity (Wildman–Crippen MR) is 54.8 cm³/mol. The Morgan fingerprint density at radius 2 is 2.00 bits per heavy atom. The van der Waals surface area contributed by atoms with E-state index in [0.29, 0.717) is 5.41 Å². The van der Waals surface area contributed by atoms with Crippen molar-refractivity contribution in [1.29, 1.82) is 0 Å². The molecule has 0 heterocycles. The maximum absolute atomic E-state index is 11.8. The molecule has 66 valence electrons. The highest BCUT2D eigenvalue weighted by molar-refractivity contribution is 7.05. The van der Waals surface area contributed by atoms with Crippen LogP contribution in [0.15, 0.2) is 23.8 Å². The average Bonchev–Trinajstić information content (AvgIpc) is 2.03. The van der Waals surface area contributed by atoms with Crippen LogP contribution in [-0.4, -0.2) is 13.5 Å². The summed E-state index contributed by atoms with van der Waals surface area (Å²) in [6.07, 6.45) is 8.25. The molecule has 0 aromatic rings. The number of carbonyl (C=O) groups excluding carboxylic acids is 1. The quantitative estimate of drug-likeness (QED) is 0.597. The zero-order chi connectivity index (χ0) is 9.19. The van der Waals surface area contributed by atoms with Gasteiger partial charge in [0.25, 0.3) is 0 Å². The summed E-state index contributed by atoms with van der Waals surface area (Å²) in [7, 11) is -1.61. The SMILES string of the molecule is C[Si](C)(C)C(=O)C1=CCCC=C1. The van der Waals surface area contributed by atoms with Gasteiger partial charge in [0.15, 0.2) is 0 Å². The maximum Gasteiger partial charge on any atom is 0.139 e. The standard InChI is InChI=1S/C10H16OSi/c1-12(2,3)10(11)9-7-5-4-6-8-9/h5,7-8H,4,6H2,1-3H3. The Labute approximate surface area is 75.2 Å². The third kappa shape index (κ3) is 2.17. The number of rotatable bonds is 2. The lowest BCUT2D eigenvalue weighted by molar-refractivity contribution is -0.109. The van der Waals surface area contributed by atoms with Gasteiger partial charge in [-0.2, -0.15) is 0 Å². The molecule has 1 aliphatic carbocycles. The lowest BCUT2D eigenvalue weighted by Gasteiger charge is -2.16. The van der Waals surface area contributed by atoms with Gasteiger partial charge in [-0.15, -0.1) is 0 Å². The molecule has 1 aliphatic rings. The summed E-state index contributed by atoms with van der Waals surface area (Å²) in [5.41, 5.74) is 0.945. The third-order valence-electron chi connectivity index (χ3n) is 1.94. The normalized spacial score (nSPS) is 17.4. The van der Waals surface area contributed by atoms with Gasteiger partial charge in [-0.25, -0.2) is 0 Å². The number of hydrogen-bond donors (Lipinski definition) is 0. The first kappa shape index (κ1) is 9.45. The molecular weight excluding hydrogens is 164 g/mol. The second-order valence-corrected chi connectivity index (χ2v) is 9.17. The second-order valence-electron chi connectivity index (χ2n) is 4.22. The Bertz CT molecular complexity index is 243. The van der Waals surface area contributed by atoms with E-state index in [4.69, 9.17) is 0 Å². The van der Waals surface area contributed by atoms with Gasteiger partial charge in [-0.3, -0.25) is 0 Å². The molecule has 0 aromatic heterocycles. The van der Waals surface area contributed by atoms with Gasteiger partial charge >= 0.3 is 0 Å². The Morgan fingerprint density at radius 3 is 2.42 bits per heavy atom. The molecule has 0 saturated heterocycles. The molecule has 0 atom stereocenters. The molecule has 0 spiro atoms. The molecule has 0 fully saturated rings. The number of hydrogen-bond acceptors (Lipinski definition) is 1. The zero-order valence-electron chi connectivity index (χ0n) is 8.05. The minimum absolute atomic E-state index is 0.387. The Kier molecular flexibility index (Phi) is 2.68. The largest absolute Gasteiger partial charge is 0.300 e. The van der Waals surface area contributed by atoms with Gasteiger partial charge in [0.1, 0.15) is 13.5 Å². The predicted octanol–water partition coefficient (Wildman–Crippen LogP) is 2.71. The second kappa shape index (κ2) is 3.40. The van der Waals surface area contributed by atoms with Gasteiger partial charge in [-0.1, -0.05) is 37.9 Å². The minimum Gasteiger partial charge on any atom is -0.300 e. The Balaban J connectivity index is 2.77. The molecular formula is C10H16OSi. The smallest absolute Gasteiger partial charge is 0.139 e. The van der Waals surface area contributed by atoms with Crippen LogP contribution in [0.4, 0.5) is 0 Å². The number of allylic oxidation sites excluding steroid dienone is 4. The molecule has 1 rings (SSSR count). The van der Waals surface area contributed by atoms with Crippen LogP contribution in [0.2, 0.25) is 19.6 Å². The van der Waals surface area contributed by atoms with Crippen molar-refractivity contribution < 1.29 is 4.79 Å². The molecule has 0 aromatic carbocycles. The van der Waals surface area contributed by atoms with Crippen molar-refractivity contribution >= 4 is 13.5 Å². The van der Waals surface area contributed by atoms with Crippen LogP contribution in [0.1, 0.15) is 12.8 Å². The van der Waals surface area contributed by atoms with Crippen molar-refractivity contribution in [1.82, 2.24) is 0 Å². The first-order chi connectivity index (χ1) is 5.52. The molecule has 0 aliphatic heterocycles. The van der Waals surface area contributed by atoms with E-state index in [1.807, 2.05) is 6.08 Å². The molecule has 0 bridgehead atoms. The van der Waals surface area contributed by atoms with E-state index < -0.39 is 8.07 Å². The van der Waals surface area contributed by atoms with Crippen molar-refractivity contribution in [3.63, 3.8) is 0 Å². The van der Waals surface area contributed by atoms with E-state index in [0.717, 1.165) is 18.4 Å². The molecule has 0 radical (unpaired) electrons. The van der Waals surface area contributed by atoms with Crippen LogP contribution in [0.5, 0.6) is 0 Å². The minimum atomic E-state index is -1.61. The molecule has 0 N–H and O–H groups in total. The summed E-state index contributed by atoms with van der Waals surface area (Å²) in [5.74, 6) is 0. The first-order valence-corrected chi connectivity index (χ1v) is 7.93. The van der Waals surface area contributed by atoms with Gasteiger partial charge in [0, 0.05) is 5.57 Å². The van der Waals surface area contributed by atoms with Crippen LogP contribution >= 0.6 is 0 Å². The third-order valence-corrected chi connectivity index (χ3v) is 3.59. The summed E-state index contributed by atoms with van der Waals surface area (Å²) in [6, 6.07) is 0. The van der Waals surface area contributed by atoms with E-state index >= 15 is 0 Å². The van der Waals surface area contributed by atoms with E-state index in [1.165, 1.54) is 0 Å². The summed E-state index contributed by atoms with van der Waals surface area (Å²) in [4.78, 5) is 11.8. The molecule has 1 nitrogen and oxygen atoms in total.